The average Bonchev–Trinajstić information content (AvgIpc) is 3.79. The summed E-state index contributed by atoms with van der Waals surface area (Å²) < 4.78 is 22.3. The molecule has 1 heterocycles. The van der Waals surface area contributed by atoms with Gasteiger partial charge in [0.2, 0.25) is 18.2 Å². The number of rotatable bonds is 16. The summed E-state index contributed by atoms with van der Waals surface area (Å²) >= 11 is 0. The molecule has 1 aromatic carbocycles. The molecule has 4 atom stereocenters. The molecule has 0 bridgehead atoms. The maximum absolute atomic E-state index is 14.2. The van der Waals surface area contributed by atoms with Gasteiger partial charge in [0.1, 0.15) is 18.1 Å². The summed E-state index contributed by atoms with van der Waals surface area (Å²) in [5.74, 6) is 0.205. The highest BCUT2D eigenvalue weighted by molar-refractivity contribution is 5.83. The Kier molecular flexibility index (Phi) is 13.1. The number of methoxy groups -OCH3 is 2. The molecular formula is C32H53N3O8. The summed E-state index contributed by atoms with van der Waals surface area (Å²) in [6, 6.07) is 5.36. The van der Waals surface area contributed by atoms with Crippen LogP contribution >= 0.6 is 0 Å². The molecule has 0 radical (unpaired) electrons. The molecule has 1 saturated carbocycles. The molecule has 1 saturated heterocycles. The molecule has 1 aliphatic carbocycles. The quantitative estimate of drug-likeness (QED) is 0.192. The zero-order valence-electron chi connectivity index (χ0n) is 27.0. The predicted molar refractivity (Wildman–Crippen MR) is 162 cm³/mol. The lowest BCUT2D eigenvalue weighted by Gasteiger charge is -2.41. The van der Waals surface area contributed by atoms with Crippen molar-refractivity contribution in [3.05, 3.63) is 23.8 Å². The van der Waals surface area contributed by atoms with E-state index in [1.807, 2.05) is 51.7 Å². The fraction of sp³-hybridized carbons (Fsp3) is 0.750. The smallest absolute Gasteiger partial charge is 0.227 e. The number of hydrogen-bond acceptors (Lipinski definition) is 9. The molecule has 11 nitrogen and oxygen atoms in total. The number of hydrogen-bond donors (Lipinski definition) is 3. The van der Waals surface area contributed by atoms with E-state index in [0.717, 1.165) is 18.4 Å². The molecule has 11 heteroatoms. The molecule has 2 aliphatic rings. The zero-order valence-corrected chi connectivity index (χ0v) is 27.0. The summed E-state index contributed by atoms with van der Waals surface area (Å²) in [7, 11) is 3.21. The zero-order chi connectivity index (χ0) is 31.7. The van der Waals surface area contributed by atoms with Gasteiger partial charge in [-0.15, -0.1) is 0 Å². The van der Waals surface area contributed by atoms with E-state index >= 15 is 0 Å². The Hall–Kier alpha value is -2.44. The van der Waals surface area contributed by atoms with Crippen molar-refractivity contribution in [1.82, 2.24) is 15.1 Å². The largest absolute Gasteiger partial charge is 0.497 e. The number of benzene rings is 1. The van der Waals surface area contributed by atoms with Gasteiger partial charge in [-0.3, -0.25) is 14.5 Å². The van der Waals surface area contributed by atoms with E-state index in [-0.39, 0.29) is 43.6 Å². The third kappa shape index (κ3) is 11.2. The minimum absolute atomic E-state index is 0.0569. The molecule has 1 aliphatic heterocycles. The van der Waals surface area contributed by atoms with Gasteiger partial charge >= 0.3 is 0 Å². The minimum atomic E-state index is -1.27. The Balaban J connectivity index is 1.83. The van der Waals surface area contributed by atoms with E-state index in [4.69, 9.17) is 18.9 Å². The second kappa shape index (κ2) is 16.0. The fourth-order valence-corrected chi connectivity index (χ4v) is 5.51. The van der Waals surface area contributed by atoms with Gasteiger partial charge in [0, 0.05) is 38.9 Å². The van der Waals surface area contributed by atoms with Crippen LogP contribution in [0.1, 0.15) is 65.9 Å². The number of likely N-dealkylation sites (tertiary alicyclic amines) is 1. The highest BCUT2D eigenvalue weighted by Gasteiger charge is 2.43. The van der Waals surface area contributed by atoms with Crippen molar-refractivity contribution in [2.24, 2.45) is 17.8 Å². The first kappa shape index (κ1) is 35.0. The Bertz CT molecular complexity index is 1040. The van der Waals surface area contributed by atoms with Crippen molar-refractivity contribution in [1.29, 1.82) is 0 Å². The molecule has 244 valence electrons. The van der Waals surface area contributed by atoms with Crippen molar-refractivity contribution in [2.45, 2.75) is 90.9 Å². The maximum Gasteiger partial charge on any atom is 0.227 e. The van der Waals surface area contributed by atoms with Crippen LogP contribution in [0.4, 0.5) is 0 Å². The minimum Gasteiger partial charge on any atom is -0.497 e. The molecule has 2 fully saturated rings. The van der Waals surface area contributed by atoms with Crippen LogP contribution in [0.3, 0.4) is 0 Å². The van der Waals surface area contributed by atoms with Gasteiger partial charge < -0.3 is 39.4 Å². The van der Waals surface area contributed by atoms with Gasteiger partial charge in [-0.05, 0) is 70.1 Å². The van der Waals surface area contributed by atoms with Crippen LogP contribution in [-0.2, 0) is 25.6 Å². The van der Waals surface area contributed by atoms with Crippen LogP contribution < -0.4 is 14.8 Å². The summed E-state index contributed by atoms with van der Waals surface area (Å²) in [6.07, 6.45) is 1.54. The number of carbonyl (C=O) groups excluding carboxylic acids is 2. The number of amides is 2. The Labute approximate surface area is 256 Å². The molecule has 2 amide bonds. The molecule has 0 spiro atoms. The van der Waals surface area contributed by atoms with Gasteiger partial charge in [0.15, 0.2) is 0 Å². The Morgan fingerprint density at radius 1 is 1.07 bits per heavy atom. The van der Waals surface area contributed by atoms with Crippen LogP contribution in [0.15, 0.2) is 18.2 Å². The van der Waals surface area contributed by atoms with Gasteiger partial charge in [-0.25, -0.2) is 0 Å². The van der Waals surface area contributed by atoms with E-state index in [1.54, 1.807) is 25.2 Å². The second-order valence-electron chi connectivity index (χ2n) is 13.2. The lowest BCUT2D eigenvalue weighted by molar-refractivity contribution is -0.247. The Morgan fingerprint density at radius 2 is 1.74 bits per heavy atom. The van der Waals surface area contributed by atoms with E-state index in [9.17, 15) is 19.8 Å². The standard InChI is InChI=1S/C32H53N3O8/c1-21(2)12-25(20-36)33-29(37)23-15-24(19-34(18-23)31(39)43-32(3,4)5)30(38)35(26-8-9-26)17-22-13-27(41-7)16-28(14-22)42-11-10-40-6/h13-14,16,21,23-26,31,36,39H,8-12,15,17-20H2,1-7H3,(H,33,37)/t23?,24-,25?,31?/m1/s1. The monoisotopic (exact) mass is 607 g/mol. The van der Waals surface area contributed by atoms with Crippen LogP contribution in [0.25, 0.3) is 0 Å². The molecule has 0 aromatic heterocycles. The van der Waals surface area contributed by atoms with Crippen LogP contribution in [0.2, 0.25) is 0 Å². The number of aliphatic hydroxyl groups is 2. The first-order chi connectivity index (χ1) is 20.3. The first-order valence-corrected chi connectivity index (χ1v) is 15.4. The second-order valence-corrected chi connectivity index (χ2v) is 13.2. The predicted octanol–water partition coefficient (Wildman–Crippen LogP) is 2.76. The van der Waals surface area contributed by atoms with Gasteiger partial charge in [0.25, 0.3) is 0 Å². The number of nitrogens with one attached hydrogen (secondary N) is 1. The van der Waals surface area contributed by atoms with E-state index in [1.165, 1.54) is 0 Å². The third-order valence-corrected chi connectivity index (χ3v) is 7.65. The Morgan fingerprint density at radius 3 is 2.33 bits per heavy atom. The highest BCUT2D eigenvalue weighted by Crippen LogP contribution is 2.34. The van der Waals surface area contributed by atoms with Crippen molar-refractivity contribution >= 4 is 11.8 Å². The van der Waals surface area contributed by atoms with Gasteiger partial charge in [-0.1, -0.05) is 13.8 Å². The number of piperidine rings is 1. The van der Waals surface area contributed by atoms with E-state index in [0.29, 0.717) is 50.0 Å². The molecule has 43 heavy (non-hydrogen) atoms. The van der Waals surface area contributed by atoms with Crippen LogP contribution in [0.5, 0.6) is 11.5 Å². The number of carbonyl (C=O) groups is 2. The SMILES string of the molecule is COCCOc1cc(CN(C(=O)[C@@H]2CC(C(=O)NC(CO)CC(C)C)CN(C(O)OC(C)(C)C)C2)C2CC2)cc(OC)c1. The van der Waals surface area contributed by atoms with Crippen LogP contribution in [0, 0.1) is 17.8 Å². The molecule has 1 aromatic rings. The summed E-state index contributed by atoms with van der Waals surface area (Å²) in [4.78, 5) is 31.2. The van der Waals surface area contributed by atoms with Crippen molar-refractivity contribution in [3.8, 4) is 11.5 Å². The fourth-order valence-electron chi connectivity index (χ4n) is 5.51. The first-order valence-electron chi connectivity index (χ1n) is 15.4. The normalized spacial score (nSPS) is 20.9. The lowest BCUT2D eigenvalue weighted by atomic mass is 9.87. The maximum atomic E-state index is 14.2. The highest BCUT2D eigenvalue weighted by atomic mass is 16.6. The average molecular weight is 608 g/mol. The topological polar surface area (TPSA) is 130 Å². The van der Waals surface area contributed by atoms with E-state index in [2.05, 4.69) is 5.32 Å². The van der Waals surface area contributed by atoms with Gasteiger partial charge in [-0.2, -0.15) is 0 Å². The third-order valence-electron chi connectivity index (χ3n) is 7.65. The van der Waals surface area contributed by atoms with E-state index < -0.39 is 23.9 Å². The summed E-state index contributed by atoms with van der Waals surface area (Å²) in [6.45, 7) is 11.2. The molecule has 3 N–H and O–H groups in total. The van der Waals surface area contributed by atoms with Gasteiger partial charge in [0.05, 0.1) is 43.8 Å². The van der Waals surface area contributed by atoms with Crippen molar-refractivity contribution in [2.75, 3.05) is 47.1 Å². The molecular weight excluding hydrogens is 554 g/mol. The molecule has 3 unspecified atom stereocenters. The number of nitrogens with zero attached hydrogens (tertiary/aromatic N) is 2. The van der Waals surface area contributed by atoms with Crippen LogP contribution in [-0.4, -0.2) is 103 Å². The number of aliphatic hydroxyl groups excluding tert-OH is 2. The summed E-state index contributed by atoms with van der Waals surface area (Å²) in [5, 5.41) is 23.8. The van der Waals surface area contributed by atoms with Crippen molar-refractivity contribution < 1.29 is 38.7 Å². The lowest BCUT2D eigenvalue weighted by Crippen LogP contribution is -2.56. The van der Waals surface area contributed by atoms with Crippen molar-refractivity contribution in [3.63, 3.8) is 0 Å². The molecule has 3 rings (SSSR count). The summed E-state index contributed by atoms with van der Waals surface area (Å²) in [5.41, 5.74) is 0.257. The number of ether oxygens (including phenoxy) is 4.